The van der Waals surface area contributed by atoms with E-state index in [1.54, 1.807) is 0 Å². The number of carbonyl (C=O) groups is 2. The Morgan fingerprint density at radius 3 is 1.29 bits per heavy atom. The highest BCUT2D eigenvalue weighted by atomic mass is 16.5. The maximum absolute atomic E-state index is 12.9. The number of unbranched alkanes of at least 4 members (excludes halogenated alkanes) is 4. The fourth-order valence-corrected chi connectivity index (χ4v) is 3.95. The SMILES string of the molecule is CCCCCOc1ccc(C(=O)N2CCN(C(=O)c3ccc(OCCCCC)cc3)CC2)cc1. The van der Waals surface area contributed by atoms with E-state index in [1.165, 1.54) is 0 Å². The number of hydrogen-bond acceptors (Lipinski definition) is 4. The van der Waals surface area contributed by atoms with Gasteiger partial charge in [0, 0.05) is 37.3 Å². The normalized spacial score (nSPS) is 13.6. The second-order valence-corrected chi connectivity index (χ2v) is 8.74. The molecular weight excluding hydrogens is 428 g/mol. The van der Waals surface area contributed by atoms with Gasteiger partial charge in [-0.2, -0.15) is 0 Å². The molecule has 0 atom stereocenters. The van der Waals surface area contributed by atoms with E-state index >= 15 is 0 Å². The van der Waals surface area contributed by atoms with Crippen LogP contribution in [0.4, 0.5) is 0 Å². The summed E-state index contributed by atoms with van der Waals surface area (Å²) in [5.41, 5.74) is 1.30. The molecule has 184 valence electrons. The molecular formula is C28H38N2O4. The topological polar surface area (TPSA) is 59.1 Å². The van der Waals surface area contributed by atoms with Crippen LogP contribution in [0, 0.1) is 0 Å². The van der Waals surface area contributed by atoms with Gasteiger partial charge in [-0.1, -0.05) is 39.5 Å². The Bertz CT molecular complexity index is 812. The van der Waals surface area contributed by atoms with Crippen LogP contribution < -0.4 is 9.47 Å². The Morgan fingerprint density at radius 2 is 0.971 bits per heavy atom. The third-order valence-corrected chi connectivity index (χ3v) is 6.09. The standard InChI is InChI=1S/C28H38N2O4/c1-3-5-7-21-33-25-13-9-23(10-14-25)27(31)29-17-19-30(20-18-29)28(32)24-11-15-26(16-12-24)34-22-8-6-4-2/h9-16H,3-8,17-22H2,1-2H3. The van der Waals surface area contributed by atoms with Gasteiger partial charge < -0.3 is 19.3 Å². The molecule has 6 nitrogen and oxygen atoms in total. The average Bonchev–Trinajstić information content (AvgIpc) is 2.89. The number of carbonyl (C=O) groups excluding carboxylic acids is 2. The molecule has 0 radical (unpaired) electrons. The van der Waals surface area contributed by atoms with Crippen molar-refractivity contribution in [2.75, 3.05) is 39.4 Å². The van der Waals surface area contributed by atoms with Crippen LogP contribution in [0.3, 0.4) is 0 Å². The summed E-state index contributed by atoms with van der Waals surface area (Å²) in [5, 5.41) is 0. The van der Waals surface area contributed by atoms with Gasteiger partial charge in [-0.25, -0.2) is 0 Å². The minimum absolute atomic E-state index is 0.00536. The summed E-state index contributed by atoms with van der Waals surface area (Å²) >= 11 is 0. The number of nitrogens with zero attached hydrogens (tertiary/aromatic N) is 2. The fraction of sp³-hybridized carbons (Fsp3) is 0.500. The third-order valence-electron chi connectivity index (χ3n) is 6.09. The van der Waals surface area contributed by atoms with E-state index in [-0.39, 0.29) is 11.8 Å². The van der Waals surface area contributed by atoms with Gasteiger partial charge in [0.15, 0.2) is 0 Å². The number of benzene rings is 2. The Kier molecular flexibility index (Phi) is 10.3. The smallest absolute Gasteiger partial charge is 0.253 e. The molecule has 0 bridgehead atoms. The van der Waals surface area contributed by atoms with E-state index in [4.69, 9.17) is 9.47 Å². The lowest BCUT2D eigenvalue weighted by Crippen LogP contribution is -2.50. The summed E-state index contributed by atoms with van der Waals surface area (Å²) in [6.45, 7) is 7.84. The lowest BCUT2D eigenvalue weighted by Gasteiger charge is -2.35. The van der Waals surface area contributed by atoms with E-state index in [1.807, 2.05) is 58.3 Å². The summed E-state index contributed by atoms with van der Waals surface area (Å²) < 4.78 is 11.5. The minimum atomic E-state index is -0.00536. The summed E-state index contributed by atoms with van der Waals surface area (Å²) in [6, 6.07) is 14.7. The number of hydrogen-bond donors (Lipinski definition) is 0. The molecule has 3 rings (SSSR count). The van der Waals surface area contributed by atoms with Crippen molar-refractivity contribution in [2.45, 2.75) is 52.4 Å². The first kappa shape index (κ1) is 25.6. The number of rotatable bonds is 12. The minimum Gasteiger partial charge on any atom is -0.494 e. The van der Waals surface area contributed by atoms with Crippen LogP contribution in [0.5, 0.6) is 11.5 Å². The van der Waals surface area contributed by atoms with E-state index in [9.17, 15) is 9.59 Å². The predicted molar refractivity (Wildman–Crippen MR) is 135 cm³/mol. The maximum Gasteiger partial charge on any atom is 0.253 e. The Hall–Kier alpha value is -3.02. The van der Waals surface area contributed by atoms with Crippen molar-refractivity contribution in [3.63, 3.8) is 0 Å². The van der Waals surface area contributed by atoms with Crippen LogP contribution in [0.15, 0.2) is 48.5 Å². The fourth-order valence-electron chi connectivity index (χ4n) is 3.95. The summed E-state index contributed by atoms with van der Waals surface area (Å²) in [4.78, 5) is 29.4. The van der Waals surface area contributed by atoms with Gasteiger partial charge in [-0.15, -0.1) is 0 Å². The molecule has 0 aromatic heterocycles. The first-order valence-corrected chi connectivity index (χ1v) is 12.7. The summed E-state index contributed by atoms with van der Waals surface area (Å²) in [5.74, 6) is 1.57. The van der Waals surface area contributed by atoms with Gasteiger partial charge in [0.25, 0.3) is 11.8 Å². The first-order chi connectivity index (χ1) is 16.6. The van der Waals surface area contributed by atoms with Crippen LogP contribution in [0.1, 0.15) is 73.1 Å². The maximum atomic E-state index is 12.9. The predicted octanol–water partition coefficient (Wildman–Crippen LogP) is 5.42. The van der Waals surface area contributed by atoms with Gasteiger partial charge in [0.2, 0.25) is 0 Å². The lowest BCUT2D eigenvalue weighted by molar-refractivity contribution is 0.0535. The number of amides is 2. The summed E-state index contributed by atoms with van der Waals surface area (Å²) in [7, 11) is 0. The zero-order chi connectivity index (χ0) is 24.2. The second-order valence-electron chi connectivity index (χ2n) is 8.74. The van der Waals surface area contributed by atoms with Crippen molar-refractivity contribution >= 4 is 11.8 Å². The van der Waals surface area contributed by atoms with Crippen LogP contribution in [0.2, 0.25) is 0 Å². The molecule has 0 N–H and O–H groups in total. The summed E-state index contributed by atoms with van der Waals surface area (Å²) in [6.07, 6.45) is 6.72. The quantitative estimate of drug-likeness (QED) is 0.392. The van der Waals surface area contributed by atoms with Gasteiger partial charge >= 0.3 is 0 Å². The molecule has 0 saturated carbocycles. The monoisotopic (exact) mass is 466 g/mol. The third kappa shape index (κ3) is 7.51. The first-order valence-electron chi connectivity index (χ1n) is 12.7. The zero-order valence-corrected chi connectivity index (χ0v) is 20.6. The van der Waals surface area contributed by atoms with E-state index in [0.717, 1.165) is 50.0 Å². The highest BCUT2D eigenvalue weighted by molar-refractivity contribution is 5.96. The van der Waals surface area contributed by atoms with Crippen LogP contribution >= 0.6 is 0 Å². The molecule has 1 aliphatic rings. The van der Waals surface area contributed by atoms with Gasteiger partial charge in [0.1, 0.15) is 11.5 Å². The molecule has 1 heterocycles. The van der Waals surface area contributed by atoms with Crippen molar-refractivity contribution in [3.05, 3.63) is 59.7 Å². The van der Waals surface area contributed by atoms with Crippen LogP contribution in [-0.4, -0.2) is 61.0 Å². The van der Waals surface area contributed by atoms with Crippen molar-refractivity contribution < 1.29 is 19.1 Å². The Labute approximate surface area is 203 Å². The Morgan fingerprint density at radius 1 is 0.618 bits per heavy atom. The van der Waals surface area contributed by atoms with Gasteiger partial charge in [-0.05, 0) is 61.4 Å². The molecule has 0 spiro atoms. The van der Waals surface area contributed by atoms with Crippen molar-refractivity contribution in [1.29, 1.82) is 0 Å². The molecule has 2 amide bonds. The van der Waals surface area contributed by atoms with Crippen LogP contribution in [0.25, 0.3) is 0 Å². The average molecular weight is 467 g/mol. The zero-order valence-electron chi connectivity index (χ0n) is 20.6. The highest BCUT2D eigenvalue weighted by Gasteiger charge is 2.25. The van der Waals surface area contributed by atoms with Gasteiger partial charge in [0.05, 0.1) is 13.2 Å². The molecule has 2 aromatic rings. The van der Waals surface area contributed by atoms with E-state index in [0.29, 0.717) is 50.5 Å². The Balaban J connectivity index is 1.45. The molecule has 1 aliphatic heterocycles. The largest absolute Gasteiger partial charge is 0.494 e. The van der Waals surface area contributed by atoms with Gasteiger partial charge in [-0.3, -0.25) is 9.59 Å². The molecule has 34 heavy (non-hydrogen) atoms. The van der Waals surface area contributed by atoms with E-state index < -0.39 is 0 Å². The second kappa shape index (κ2) is 13.6. The van der Waals surface area contributed by atoms with Crippen molar-refractivity contribution in [3.8, 4) is 11.5 Å². The molecule has 6 heteroatoms. The number of piperazine rings is 1. The van der Waals surface area contributed by atoms with Crippen LogP contribution in [-0.2, 0) is 0 Å². The molecule has 2 aromatic carbocycles. The van der Waals surface area contributed by atoms with Crippen molar-refractivity contribution in [1.82, 2.24) is 9.80 Å². The van der Waals surface area contributed by atoms with E-state index in [2.05, 4.69) is 13.8 Å². The lowest BCUT2D eigenvalue weighted by atomic mass is 10.1. The molecule has 1 saturated heterocycles. The van der Waals surface area contributed by atoms with Crippen molar-refractivity contribution in [2.24, 2.45) is 0 Å². The molecule has 0 unspecified atom stereocenters. The molecule has 0 aliphatic carbocycles. The highest BCUT2D eigenvalue weighted by Crippen LogP contribution is 2.18. The number of ether oxygens (including phenoxy) is 2. The molecule has 1 fully saturated rings.